The lowest BCUT2D eigenvalue weighted by Crippen LogP contribution is -2.53. The van der Waals surface area contributed by atoms with Gasteiger partial charge in [0.05, 0.1) is 5.92 Å². The number of carboxylic acids is 1. The van der Waals surface area contributed by atoms with Crippen LogP contribution < -0.4 is 5.73 Å². The molecule has 0 spiro atoms. The second kappa shape index (κ2) is 5.70. The SMILES string of the molecule is CC1CCC(C(N)=O)CN1C(=O)N(C)CC(=O)O. The van der Waals surface area contributed by atoms with Crippen LogP contribution in [-0.4, -0.2) is 59.0 Å². The predicted molar refractivity (Wildman–Crippen MR) is 63.7 cm³/mol. The number of urea groups is 1. The number of likely N-dealkylation sites (tertiary alicyclic amines) is 1. The third kappa shape index (κ3) is 3.35. The number of carbonyl (C=O) groups excluding carboxylic acids is 2. The molecule has 1 aliphatic rings. The maximum absolute atomic E-state index is 12.0. The quantitative estimate of drug-likeness (QED) is 0.724. The Morgan fingerprint density at radius 3 is 2.50 bits per heavy atom. The standard InChI is InChI=1S/C11H19N3O4/c1-7-3-4-8(10(12)17)5-14(7)11(18)13(2)6-9(15)16/h7-8H,3-6H2,1-2H3,(H2,12,17)(H,15,16). The number of piperidine rings is 1. The summed E-state index contributed by atoms with van der Waals surface area (Å²) in [5.41, 5.74) is 5.25. The van der Waals surface area contributed by atoms with Crippen molar-refractivity contribution >= 4 is 17.9 Å². The maximum atomic E-state index is 12.0. The first-order valence-electron chi connectivity index (χ1n) is 5.85. The lowest BCUT2D eigenvalue weighted by atomic mass is 9.93. The van der Waals surface area contributed by atoms with Crippen molar-refractivity contribution in [3.05, 3.63) is 0 Å². The summed E-state index contributed by atoms with van der Waals surface area (Å²) in [5, 5.41) is 8.65. The summed E-state index contributed by atoms with van der Waals surface area (Å²) in [6.07, 6.45) is 1.36. The minimum Gasteiger partial charge on any atom is -0.480 e. The molecule has 0 aromatic rings. The fourth-order valence-electron chi connectivity index (χ4n) is 2.10. The molecule has 18 heavy (non-hydrogen) atoms. The zero-order chi connectivity index (χ0) is 13.9. The molecule has 3 amide bonds. The molecule has 0 aromatic carbocycles. The Labute approximate surface area is 106 Å². The molecule has 1 fully saturated rings. The third-order valence-corrected chi connectivity index (χ3v) is 3.23. The zero-order valence-corrected chi connectivity index (χ0v) is 10.6. The summed E-state index contributed by atoms with van der Waals surface area (Å²) in [6.45, 7) is 1.78. The Balaban J connectivity index is 2.69. The van der Waals surface area contributed by atoms with Gasteiger partial charge in [0.25, 0.3) is 0 Å². The first-order chi connectivity index (χ1) is 8.32. The zero-order valence-electron chi connectivity index (χ0n) is 10.6. The molecule has 2 atom stereocenters. The van der Waals surface area contributed by atoms with E-state index in [-0.39, 0.29) is 31.1 Å². The van der Waals surface area contributed by atoms with Gasteiger partial charge in [-0.1, -0.05) is 0 Å². The highest BCUT2D eigenvalue weighted by atomic mass is 16.4. The molecule has 7 heteroatoms. The largest absolute Gasteiger partial charge is 0.480 e. The average Bonchev–Trinajstić information content (AvgIpc) is 2.27. The van der Waals surface area contributed by atoms with E-state index >= 15 is 0 Å². The van der Waals surface area contributed by atoms with E-state index in [1.165, 1.54) is 11.9 Å². The minimum atomic E-state index is -1.07. The Morgan fingerprint density at radius 2 is 2.00 bits per heavy atom. The van der Waals surface area contributed by atoms with E-state index in [1.807, 2.05) is 6.92 Å². The fraction of sp³-hybridized carbons (Fsp3) is 0.727. The number of nitrogens with two attached hydrogens (primary N) is 1. The molecule has 1 heterocycles. The number of carboxylic acid groups (broad SMARTS) is 1. The van der Waals surface area contributed by atoms with E-state index in [0.717, 1.165) is 4.90 Å². The molecule has 102 valence electrons. The van der Waals surface area contributed by atoms with Crippen LogP contribution in [0.3, 0.4) is 0 Å². The van der Waals surface area contributed by atoms with Gasteiger partial charge in [-0.05, 0) is 19.8 Å². The number of primary amides is 1. The van der Waals surface area contributed by atoms with Gasteiger partial charge < -0.3 is 20.6 Å². The van der Waals surface area contributed by atoms with Crippen LogP contribution in [0.2, 0.25) is 0 Å². The monoisotopic (exact) mass is 257 g/mol. The smallest absolute Gasteiger partial charge is 0.323 e. The van der Waals surface area contributed by atoms with E-state index in [1.54, 1.807) is 0 Å². The van der Waals surface area contributed by atoms with Gasteiger partial charge in [-0.15, -0.1) is 0 Å². The molecule has 3 N–H and O–H groups in total. The summed E-state index contributed by atoms with van der Waals surface area (Å²) in [5.74, 6) is -1.83. The van der Waals surface area contributed by atoms with Crippen LogP contribution in [0.4, 0.5) is 4.79 Å². The molecule has 0 aromatic heterocycles. The van der Waals surface area contributed by atoms with E-state index in [2.05, 4.69) is 0 Å². The van der Waals surface area contributed by atoms with Crippen molar-refractivity contribution in [3.8, 4) is 0 Å². The van der Waals surface area contributed by atoms with Crippen LogP contribution in [0.1, 0.15) is 19.8 Å². The average molecular weight is 257 g/mol. The van der Waals surface area contributed by atoms with E-state index in [4.69, 9.17) is 10.8 Å². The Hall–Kier alpha value is -1.79. The molecule has 0 aliphatic carbocycles. The molecule has 1 aliphatic heterocycles. The molecule has 1 saturated heterocycles. The van der Waals surface area contributed by atoms with Crippen LogP contribution in [0.5, 0.6) is 0 Å². The summed E-state index contributed by atoms with van der Waals surface area (Å²) in [4.78, 5) is 36.4. The molecular formula is C11H19N3O4. The van der Waals surface area contributed by atoms with Crippen molar-refractivity contribution in [1.82, 2.24) is 9.80 Å². The Morgan fingerprint density at radius 1 is 1.39 bits per heavy atom. The van der Waals surface area contributed by atoms with Crippen molar-refractivity contribution in [2.24, 2.45) is 11.7 Å². The number of hydrogen-bond acceptors (Lipinski definition) is 3. The highest BCUT2D eigenvalue weighted by Crippen LogP contribution is 2.22. The lowest BCUT2D eigenvalue weighted by molar-refractivity contribution is -0.137. The van der Waals surface area contributed by atoms with E-state index < -0.39 is 11.9 Å². The third-order valence-electron chi connectivity index (χ3n) is 3.23. The van der Waals surface area contributed by atoms with Crippen LogP contribution in [0.25, 0.3) is 0 Å². The fourth-order valence-corrected chi connectivity index (χ4v) is 2.10. The molecule has 2 unspecified atom stereocenters. The number of carbonyl (C=O) groups is 3. The second-order valence-electron chi connectivity index (χ2n) is 4.71. The van der Waals surface area contributed by atoms with Gasteiger partial charge in [-0.3, -0.25) is 9.59 Å². The van der Waals surface area contributed by atoms with Crippen LogP contribution >= 0.6 is 0 Å². The number of aliphatic carboxylic acids is 1. The van der Waals surface area contributed by atoms with Gasteiger partial charge in [0.15, 0.2) is 0 Å². The number of hydrogen-bond donors (Lipinski definition) is 2. The normalized spacial score (nSPS) is 23.6. The molecule has 7 nitrogen and oxygen atoms in total. The number of likely N-dealkylation sites (N-methyl/N-ethyl adjacent to an activating group) is 1. The molecular weight excluding hydrogens is 238 g/mol. The Kier molecular flexibility index (Phi) is 4.52. The van der Waals surface area contributed by atoms with Gasteiger partial charge >= 0.3 is 12.0 Å². The topological polar surface area (TPSA) is 104 Å². The van der Waals surface area contributed by atoms with E-state index in [9.17, 15) is 14.4 Å². The highest BCUT2D eigenvalue weighted by Gasteiger charge is 2.33. The van der Waals surface area contributed by atoms with Crippen molar-refractivity contribution < 1.29 is 19.5 Å². The van der Waals surface area contributed by atoms with Gasteiger partial charge in [0.2, 0.25) is 5.91 Å². The second-order valence-corrected chi connectivity index (χ2v) is 4.71. The van der Waals surface area contributed by atoms with Crippen molar-refractivity contribution in [3.63, 3.8) is 0 Å². The van der Waals surface area contributed by atoms with Gasteiger partial charge in [-0.2, -0.15) is 0 Å². The minimum absolute atomic E-state index is 0.00987. The van der Waals surface area contributed by atoms with Crippen LogP contribution in [-0.2, 0) is 9.59 Å². The number of amides is 3. The van der Waals surface area contributed by atoms with Gasteiger partial charge in [0.1, 0.15) is 6.54 Å². The van der Waals surface area contributed by atoms with Crippen LogP contribution in [0, 0.1) is 5.92 Å². The Bertz CT molecular complexity index is 358. The van der Waals surface area contributed by atoms with E-state index in [0.29, 0.717) is 12.8 Å². The summed E-state index contributed by atoms with van der Waals surface area (Å²) in [6, 6.07) is -0.389. The highest BCUT2D eigenvalue weighted by molar-refractivity contribution is 5.82. The molecule has 0 bridgehead atoms. The summed E-state index contributed by atoms with van der Waals surface area (Å²) >= 11 is 0. The van der Waals surface area contributed by atoms with Crippen molar-refractivity contribution in [2.45, 2.75) is 25.8 Å². The number of rotatable bonds is 3. The molecule has 1 rings (SSSR count). The van der Waals surface area contributed by atoms with Crippen LogP contribution in [0.15, 0.2) is 0 Å². The predicted octanol–water partition coefficient (Wildman–Crippen LogP) is -0.291. The molecule has 0 saturated carbocycles. The number of nitrogens with zero attached hydrogens (tertiary/aromatic N) is 2. The van der Waals surface area contributed by atoms with Gasteiger partial charge in [0, 0.05) is 19.6 Å². The van der Waals surface area contributed by atoms with Crippen molar-refractivity contribution in [2.75, 3.05) is 20.1 Å². The first-order valence-corrected chi connectivity index (χ1v) is 5.85. The summed E-state index contributed by atoms with van der Waals surface area (Å²) in [7, 11) is 1.43. The van der Waals surface area contributed by atoms with Crippen molar-refractivity contribution in [1.29, 1.82) is 0 Å². The maximum Gasteiger partial charge on any atom is 0.323 e. The lowest BCUT2D eigenvalue weighted by Gasteiger charge is -2.38. The summed E-state index contributed by atoms with van der Waals surface area (Å²) < 4.78 is 0. The first kappa shape index (κ1) is 14.3. The van der Waals surface area contributed by atoms with Gasteiger partial charge in [-0.25, -0.2) is 4.79 Å². The molecule has 0 radical (unpaired) electrons.